The molecule has 2 heterocycles. The third kappa shape index (κ3) is 4.49. The fourth-order valence-corrected chi connectivity index (χ4v) is 6.39. The number of nitrogens with zero attached hydrogens (tertiary/aromatic N) is 2. The summed E-state index contributed by atoms with van der Waals surface area (Å²) in [4.78, 5) is 4.76. The molecule has 0 saturated carbocycles. The van der Waals surface area contributed by atoms with Crippen molar-refractivity contribution in [1.29, 1.82) is 0 Å². The first-order chi connectivity index (χ1) is 19.7. The van der Waals surface area contributed by atoms with Crippen LogP contribution in [-0.4, -0.2) is 12.1 Å². The van der Waals surface area contributed by atoms with Gasteiger partial charge in [0.05, 0.1) is 6.04 Å². The number of para-hydroxylation sites is 2. The van der Waals surface area contributed by atoms with Gasteiger partial charge in [0.1, 0.15) is 6.04 Å². The smallest absolute Gasteiger partial charge is 0.105 e. The maximum Gasteiger partial charge on any atom is 0.105 e. The molecule has 4 atom stereocenters. The second kappa shape index (κ2) is 11.1. The normalized spacial score (nSPS) is 23.1. The van der Waals surface area contributed by atoms with Gasteiger partial charge in [0.25, 0.3) is 0 Å². The molecule has 40 heavy (non-hydrogen) atoms. The van der Waals surface area contributed by atoms with Crippen LogP contribution in [0.1, 0.15) is 35.4 Å². The van der Waals surface area contributed by atoms with Gasteiger partial charge in [-0.05, 0) is 54.3 Å². The molecule has 0 saturated heterocycles. The fourth-order valence-electron chi connectivity index (χ4n) is 6.39. The first-order valence-electron chi connectivity index (χ1n) is 13.8. The van der Waals surface area contributed by atoms with Gasteiger partial charge in [-0.3, -0.25) is 0 Å². The molecule has 2 nitrogen and oxygen atoms in total. The van der Waals surface area contributed by atoms with E-state index in [-0.39, 0.29) is 18.0 Å². The van der Waals surface area contributed by atoms with Gasteiger partial charge in [0, 0.05) is 34.6 Å². The van der Waals surface area contributed by atoms with E-state index in [1.54, 1.807) is 6.08 Å². The van der Waals surface area contributed by atoms with E-state index < -0.39 is 0 Å². The molecule has 3 aromatic rings. The number of fused-ring (bicyclic) bond motifs is 4. The lowest BCUT2D eigenvalue weighted by Gasteiger charge is -2.31. The van der Waals surface area contributed by atoms with Crippen LogP contribution in [0.15, 0.2) is 139 Å². The van der Waals surface area contributed by atoms with Gasteiger partial charge in [0.15, 0.2) is 0 Å². The summed E-state index contributed by atoms with van der Waals surface area (Å²) < 4.78 is 0. The average Bonchev–Trinajstić information content (AvgIpc) is 3.50. The number of rotatable bonds is 6. The summed E-state index contributed by atoms with van der Waals surface area (Å²) in [6.07, 6.45) is 30.1. The van der Waals surface area contributed by atoms with E-state index in [4.69, 9.17) is 12.8 Å². The van der Waals surface area contributed by atoms with Crippen LogP contribution < -0.4 is 9.80 Å². The van der Waals surface area contributed by atoms with Crippen molar-refractivity contribution in [2.24, 2.45) is 0 Å². The van der Waals surface area contributed by atoms with Crippen molar-refractivity contribution in [3.05, 3.63) is 156 Å². The largest absolute Gasteiger partial charge is 0.338 e. The molecule has 6 rings (SSSR count). The zero-order chi connectivity index (χ0) is 27.5. The Morgan fingerprint density at radius 2 is 1.50 bits per heavy atom. The SMILES string of the molecule is C#C/C=C\C(=C/Cc1ccccc1)N1c2ccccc2C(/C=C(\C)N2c3ccccc3C3C=CC=CC32)[C@@H]1C#C. The van der Waals surface area contributed by atoms with Crippen molar-refractivity contribution in [1.82, 2.24) is 0 Å². The van der Waals surface area contributed by atoms with Crippen LogP contribution in [-0.2, 0) is 6.42 Å². The first-order valence-corrected chi connectivity index (χ1v) is 13.8. The second-order valence-electron chi connectivity index (χ2n) is 10.4. The molecule has 0 spiro atoms. The number of anilines is 2. The Labute approximate surface area is 238 Å². The van der Waals surface area contributed by atoms with E-state index >= 15 is 0 Å². The molecule has 0 bridgehead atoms. The Bertz CT molecular complexity index is 1640. The molecule has 3 unspecified atom stereocenters. The van der Waals surface area contributed by atoms with Gasteiger partial charge in [0.2, 0.25) is 0 Å². The van der Waals surface area contributed by atoms with Crippen molar-refractivity contribution < 1.29 is 0 Å². The average molecular weight is 517 g/mol. The van der Waals surface area contributed by atoms with Crippen LogP contribution >= 0.6 is 0 Å². The quantitative estimate of drug-likeness (QED) is 0.243. The molecule has 0 N–H and O–H groups in total. The predicted molar refractivity (Wildman–Crippen MR) is 168 cm³/mol. The van der Waals surface area contributed by atoms with Crippen molar-refractivity contribution >= 4 is 11.4 Å². The number of hydrogen-bond acceptors (Lipinski definition) is 2. The molecule has 0 amide bonds. The summed E-state index contributed by atoms with van der Waals surface area (Å²) in [5, 5.41) is 0. The number of benzene rings is 3. The van der Waals surface area contributed by atoms with Crippen LogP contribution in [0.25, 0.3) is 0 Å². The number of terminal acetylenes is 2. The maximum atomic E-state index is 6.33. The van der Waals surface area contributed by atoms with E-state index in [2.05, 4.69) is 138 Å². The standard InChI is InChI=1S/C38H32N2/c1-4-6-18-30(26-25-29-16-8-7-9-17-29)40-35(5-2)34(33-21-12-15-24-38(33)40)27-28(3)39-36-22-13-10-19-31(36)32-20-11-14-23-37(32)39/h1-2,6-24,26-27,31,34-36H,25H2,3H3/b18-6-,28-27+,30-26+/t31?,34?,35-,36?/m0/s1. The molecular weight excluding hydrogens is 484 g/mol. The van der Waals surface area contributed by atoms with Crippen LogP contribution in [0, 0.1) is 24.7 Å². The van der Waals surface area contributed by atoms with Gasteiger partial charge in [-0.1, -0.05) is 115 Å². The molecule has 3 aromatic carbocycles. The Morgan fingerprint density at radius 3 is 2.25 bits per heavy atom. The highest BCUT2D eigenvalue weighted by molar-refractivity contribution is 5.72. The van der Waals surface area contributed by atoms with Gasteiger partial charge in [-0.2, -0.15) is 0 Å². The molecule has 2 heteroatoms. The highest BCUT2D eigenvalue weighted by Crippen LogP contribution is 2.48. The predicted octanol–water partition coefficient (Wildman–Crippen LogP) is 7.91. The highest BCUT2D eigenvalue weighted by Gasteiger charge is 2.40. The van der Waals surface area contributed by atoms with Crippen molar-refractivity contribution in [3.63, 3.8) is 0 Å². The molecule has 3 aliphatic rings. The Balaban J connectivity index is 1.41. The van der Waals surface area contributed by atoms with Crippen LogP contribution in [0.3, 0.4) is 0 Å². The van der Waals surface area contributed by atoms with Crippen molar-refractivity contribution in [2.45, 2.75) is 37.3 Å². The van der Waals surface area contributed by atoms with E-state index in [1.807, 2.05) is 12.1 Å². The highest BCUT2D eigenvalue weighted by atomic mass is 15.2. The summed E-state index contributed by atoms with van der Waals surface area (Å²) >= 11 is 0. The molecule has 1 aliphatic carbocycles. The van der Waals surface area contributed by atoms with Crippen molar-refractivity contribution in [2.75, 3.05) is 9.80 Å². The van der Waals surface area contributed by atoms with Crippen LogP contribution in [0.5, 0.6) is 0 Å². The minimum absolute atomic E-state index is 0.0230. The third-order valence-corrected chi connectivity index (χ3v) is 8.12. The van der Waals surface area contributed by atoms with Gasteiger partial charge >= 0.3 is 0 Å². The maximum absolute atomic E-state index is 6.33. The molecule has 0 aromatic heterocycles. The lowest BCUT2D eigenvalue weighted by atomic mass is 9.91. The minimum atomic E-state index is -0.188. The van der Waals surface area contributed by atoms with Gasteiger partial charge in [-0.25, -0.2) is 0 Å². The summed E-state index contributed by atoms with van der Waals surface area (Å²) in [7, 11) is 0. The van der Waals surface area contributed by atoms with E-state index in [9.17, 15) is 0 Å². The lowest BCUT2D eigenvalue weighted by Crippen LogP contribution is -2.33. The van der Waals surface area contributed by atoms with E-state index in [0.717, 1.165) is 17.8 Å². The zero-order valence-electron chi connectivity index (χ0n) is 22.7. The molecular formula is C38H32N2. The van der Waals surface area contributed by atoms with E-state index in [0.29, 0.717) is 5.92 Å². The zero-order valence-corrected chi connectivity index (χ0v) is 22.7. The third-order valence-electron chi connectivity index (χ3n) is 8.12. The van der Waals surface area contributed by atoms with Crippen LogP contribution in [0.4, 0.5) is 11.4 Å². The Hall–Kier alpha value is -4.92. The summed E-state index contributed by atoms with van der Waals surface area (Å²) in [5.74, 6) is 6.18. The Morgan fingerprint density at radius 1 is 0.825 bits per heavy atom. The summed E-state index contributed by atoms with van der Waals surface area (Å²) in [5.41, 5.74) is 8.45. The van der Waals surface area contributed by atoms with Crippen molar-refractivity contribution in [3.8, 4) is 24.7 Å². The molecule has 0 fully saturated rings. The molecule has 194 valence electrons. The van der Waals surface area contributed by atoms with Crippen LogP contribution in [0.2, 0.25) is 0 Å². The van der Waals surface area contributed by atoms with Gasteiger partial charge in [-0.15, -0.1) is 12.8 Å². The summed E-state index contributed by atoms with van der Waals surface area (Å²) in [6, 6.07) is 27.8. The topological polar surface area (TPSA) is 6.48 Å². The van der Waals surface area contributed by atoms with Gasteiger partial charge < -0.3 is 9.80 Å². The molecule has 2 aliphatic heterocycles. The fraction of sp³-hybridized carbons (Fsp3) is 0.158. The number of allylic oxidation sites excluding steroid dienone is 6. The summed E-state index contributed by atoms with van der Waals surface area (Å²) in [6.45, 7) is 2.22. The monoisotopic (exact) mass is 516 g/mol. The second-order valence-corrected chi connectivity index (χ2v) is 10.4. The minimum Gasteiger partial charge on any atom is -0.338 e. The lowest BCUT2D eigenvalue weighted by molar-refractivity contribution is 0.706. The van der Waals surface area contributed by atoms with E-state index in [1.165, 1.54) is 28.1 Å². The first kappa shape index (κ1) is 25.4. The Kier molecular flexibility index (Phi) is 7.01. The number of hydrogen-bond donors (Lipinski definition) is 0. The molecule has 0 radical (unpaired) electrons.